The van der Waals surface area contributed by atoms with E-state index < -0.39 is 9.84 Å². The van der Waals surface area contributed by atoms with Gasteiger partial charge in [-0.25, -0.2) is 13.4 Å². The van der Waals surface area contributed by atoms with Crippen LogP contribution in [0.5, 0.6) is 0 Å². The van der Waals surface area contributed by atoms with E-state index in [9.17, 15) is 13.2 Å². The number of carbonyl (C=O) groups excluding carboxylic acids is 1. The first-order valence-electron chi connectivity index (χ1n) is 7.39. The van der Waals surface area contributed by atoms with Crippen molar-refractivity contribution < 1.29 is 13.2 Å². The second-order valence-electron chi connectivity index (χ2n) is 5.45. The minimum absolute atomic E-state index is 0.0188. The Kier molecular flexibility index (Phi) is 5.10. The number of nitrogens with one attached hydrogen (secondary N) is 1. The number of sulfone groups is 1. The third-order valence-electron chi connectivity index (χ3n) is 3.54. The van der Waals surface area contributed by atoms with Crippen LogP contribution in [0.3, 0.4) is 0 Å². The maximum Gasteiger partial charge on any atom is 0.230 e. The van der Waals surface area contributed by atoms with E-state index in [-0.39, 0.29) is 29.2 Å². The Bertz CT molecular complexity index is 828. The van der Waals surface area contributed by atoms with E-state index in [1.807, 2.05) is 30.3 Å². The van der Waals surface area contributed by atoms with Gasteiger partial charge in [-0.05, 0) is 6.42 Å². The Labute approximate surface area is 144 Å². The third-order valence-corrected chi connectivity index (χ3v) is 6.14. The lowest BCUT2D eigenvalue weighted by molar-refractivity contribution is -0.119. The van der Waals surface area contributed by atoms with Gasteiger partial charge in [0.05, 0.1) is 29.1 Å². The van der Waals surface area contributed by atoms with E-state index in [2.05, 4.69) is 20.5 Å². The molecule has 7 nitrogen and oxygen atoms in total. The maximum atomic E-state index is 11.9. The Balaban J connectivity index is 1.56. The quantitative estimate of drug-likeness (QED) is 0.788. The maximum absolute atomic E-state index is 11.9. The van der Waals surface area contributed by atoms with E-state index in [1.165, 1.54) is 11.8 Å². The fraction of sp³-hybridized carbons (Fsp3) is 0.333. The molecule has 0 radical (unpaired) electrons. The fourth-order valence-electron chi connectivity index (χ4n) is 2.40. The highest BCUT2D eigenvalue weighted by Crippen LogP contribution is 2.19. The molecule has 0 spiro atoms. The van der Waals surface area contributed by atoms with Gasteiger partial charge in [-0.2, -0.15) is 5.10 Å². The lowest BCUT2D eigenvalue weighted by atomic mass is 10.2. The van der Waals surface area contributed by atoms with Gasteiger partial charge in [-0.3, -0.25) is 4.79 Å². The zero-order valence-corrected chi connectivity index (χ0v) is 14.4. The standard InChI is InChI=1S/C15H16N4O3S2/c20-14(17-12-6-7-24(21,22)10-12)9-23-15-18-13(8-16-19-15)11-4-2-1-3-5-11/h1-5,8,12H,6-7,9-10H2,(H,17,20)/t12-/m1/s1. The Morgan fingerprint density at radius 1 is 1.29 bits per heavy atom. The van der Waals surface area contributed by atoms with Crippen molar-refractivity contribution in [2.45, 2.75) is 17.6 Å². The van der Waals surface area contributed by atoms with Crippen LogP contribution in [0.1, 0.15) is 6.42 Å². The molecule has 1 aromatic carbocycles. The average Bonchev–Trinajstić information content (AvgIpc) is 2.92. The van der Waals surface area contributed by atoms with Crippen molar-refractivity contribution in [3.8, 4) is 11.3 Å². The number of thioether (sulfide) groups is 1. The van der Waals surface area contributed by atoms with Crippen LogP contribution in [0.25, 0.3) is 11.3 Å². The van der Waals surface area contributed by atoms with Gasteiger partial charge >= 0.3 is 0 Å². The molecule has 0 bridgehead atoms. The van der Waals surface area contributed by atoms with Crippen LogP contribution in [0.4, 0.5) is 0 Å². The first-order valence-corrected chi connectivity index (χ1v) is 10.2. The minimum atomic E-state index is -3.00. The van der Waals surface area contributed by atoms with Gasteiger partial charge in [0.15, 0.2) is 9.84 Å². The molecular formula is C15H16N4O3S2. The van der Waals surface area contributed by atoms with E-state index in [0.717, 1.165) is 5.56 Å². The lowest BCUT2D eigenvalue weighted by Crippen LogP contribution is -2.36. The molecule has 0 aliphatic carbocycles. The summed E-state index contributed by atoms with van der Waals surface area (Å²) in [4.78, 5) is 16.3. The molecule has 2 heterocycles. The highest BCUT2D eigenvalue weighted by atomic mass is 32.2. The topological polar surface area (TPSA) is 102 Å². The van der Waals surface area contributed by atoms with Crippen molar-refractivity contribution in [3.63, 3.8) is 0 Å². The second kappa shape index (κ2) is 7.27. The first-order chi connectivity index (χ1) is 11.5. The number of benzene rings is 1. The Morgan fingerprint density at radius 3 is 2.79 bits per heavy atom. The van der Waals surface area contributed by atoms with Crippen LogP contribution in [0.15, 0.2) is 41.7 Å². The SMILES string of the molecule is O=C(CSc1nncc(-c2ccccc2)n1)N[C@@H]1CCS(=O)(=O)C1. The summed E-state index contributed by atoms with van der Waals surface area (Å²) in [5.41, 5.74) is 1.62. The summed E-state index contributed by atoms with van der Waals surface area (Å²) in [6, 6.07) is 9.29. The van der Waals surface area contributed by atoms with Crippen molar-refractivity contribution in [1.82, 2.24) is 20.5 Å². The van der Waals surface area contributed by atoms with Gasteiger partial charge in [0.2, 0.25) is 11.1 Å². The molecule has 1 saturated heterocycles. The highest BCUT2D eigenvalue weighted by molar-refractivity contribution is 7.99. The lowest BCUT2D eigenvalue weighted by Gasteiger charge is -2.10. The van der Waals surface area contributed by atoms with E-state index in [0.29, 0.717) is 17.3 Å². The van der Waals surface area contributed by atoms with Crippen molar-refractivity contribution in [2.75, 3.05) is 17.3 Å². The number of aromatic nitrogens is 3. The number of hydrogen-bond acceptors (Lipinski definition) is 7. The fourth-order valence-corrected chi connectivity index (χ4v) is 4.69. The second-order valence-corrected chi connectivity index (χ2v) is 8.62. The summed E-state index contributed by atoms with van der Waals surface area (Å²) < 4.78 is 22.8. The normalized spacial score (nSPS) is 19.1. The molecule has 1 aromatic heterocycles. The van der Waals surface area contributed by atoms with Crippen LogP contribution in [-0.2, 0) is 14.6 Å². The number of amides is 1. The van der Waals surface area contributed by atoms with E-state index in [1.54, 1.807) is 6.20 Å². The molecule has 0 unspecified atom stereocenters. The Morgan fingerprint density at radius 2 is 2.08 bits per heavy atom. The van der Waals surface area contributed by atoms with Gasteiger partial charge in [-0.15, -0.1) is 5.10 Å². The molecule has 2 aromatic rings. The van der Waals surface area contributed by atoms with Gasteiger partial charge in [-0.1, -0.05) is 42.1 Å². The summed E-state index contributed by atoms with van der Waals surface area (Å²) in [5.74, 6) is 0.0504. The van der Waals surface area contributed by atoms with Gasteiger partial charge in [0.25, 0.3) is 0 Å². The molecule has 9 heteroatoms. The minimum Gasteiger partial charge on any atom is -0.352 e. The number of rotatable bonds is 5. The molecule has 1 fully saturated rings. The van der Waals surface area contributed by atoms with Crippen LogP contribution >= 0.6 is 11.8 Å². The van der Waals surface area contributed by atoms with Gasteiger partial charge in [0, 0.05) is 11.6 Å². The summed E-state index contributed by atoms with van der Waals surface area (Å²) in [5, 5.41) is 11.0. The van der Waals surface area contributed by atoms with Gasteiger partial charge in [0.1, 0.15) is 0 Å². The predicted octanol–water partition coefficient (Wildman–Crippen LogP) is 0.934. The summed E-state index contributed by atoms with van der Waals surface area (Å²) >= 11 is 1.17. The number of carbonyl (C=O) groups is 1. The summed E-state index contributed by atoms with van der Waals surface area (Å²) in [6.07, 6.45) is 2.04. The van der Waals surface area contributed by atoms with Gasteiger partial charge < -0.3 is 5.32 Å². The number of hydrogen-bond donors (Lipinski definition) is 1. The first kappa shape index (κ1) is 16.8. The monoisotopic (exact) mass is 364 g/mol. The smallest absolute Gasteiger partial charge is 0.230 e. The molecule has 24 heavy (non-hydrogen) atoms. The molecule has 1 amide bonds. The van der Waals surface area contributed by atoms with E-state index in [4.69, 9.17) is 0 Å². The highest BCUT2D eigenvalue weighted by Gasteiger charge is 2.28. The summed E-state index contributed by atoms with van der Waals surface area (Å²) in [7, 11) is -3.00. The molecule has 1 N–H and O–H groups in total. The molecule has 3 rings (SSSR count). The largest absolute Gasteiger partial charge is 0.352 e. The zero-order chi connectivity index (χ0) is 17.0. The average molecular weight is 364 g/mol. The molecule has 1 atom stereocenters. The molecule has 126 valence electrons. The molecule has 0 saturated carbocycles. The molecule has 1 aliphatic heterocycles. The predicted molar refractivity (Wildman–Crippen MR) is 91.2 cm³/mol. The zero-order valence-electron chi connectivity index (χ0n) is 12.8. The van der Waals surface area contributed by atoms with Crippen molar-refractivity contribution in [3.05, 3.63) is 36.5 Å². The van der Waals surface area contributed by atoms with Crippen molar-refractivity contribution in [1.29, 1.82) is 0 Å². The molecule has 1 aliphatic rings. The third kappa shape index (κ3) is 4.51. The van der Waals surface area contributed by atoms with Crippen LogP contribution in [0, 0.1) is 0 Å². The summed E-state index contributed by atoms with van der Waals surface area (Å²) in [6.45, 7) is 0. The Hall–Kier alpha value is -2.00. The van der Waals surface area contributed by atoms with E-state index >= 15 is 0 Å². The van der Waals surface area contributed by atoms with Crippen LogP contribution < -0.4 is 5.32 Å². The molecular weight excluding hydrogens is 348 g/mol. The van der Waals surface area contributed by atoms with Crippen molar-refractivity contribution in [2.24, 2.45) is 0 Å². The number of nitrogens with zero attached hydrogens (tertiary/aromatic N) is 3. The van der Waals surface area contributed by atoms with Crippen LogP contribution in [0.2, 0.25) is 0 Å². The van der Waals surface area contributed by atoms with Crippen molar-refractivity contribution >= 4 is 27.5 Å². The van der Waals surface area contributed by atoms with Crippen LogP contribution in [-0.4, -0.2) is 52.8 Å².